The molecule has 7 heteroatoms. The SMILES string of the molecule is CNc1nccnc1CC1CCCN(C(=O)COc2cccc(F)c2)C1. The van der Waals surface area contributed by atoms with E-state index in [0.29, 0.717) is 18.2 Å². The molecular formula is C19H23FN4O2. The van der Waals surface area contributed by atoms with E-state index in [-0.39, 0.29) is 18.3 Å². The number of piperidine rings is 1. The van der Waals surface area contributed by atoms with Crippen LogP contribution in [0.2, 0.25) is 0 Å². The van der Waals surface area contributed by atoms with Crippen LogP contribution in [0.5, 0.6) is 5.75 Å². The first-order chi connectivity index (χ1) is 12.7. The van der Waals surface area contributed by atoms with Gasteiger partial charge in [0.05, 0.1) is 5.69 Å². The van der Waals surface area contributed by atoms with E-state index >= 15 is 0 Å². The highest BCUT2D eigenvalue weighted by molar-refractivity contribution is 5.77. The number of benzene rings is 1. The number of carbonyl (C=O) groups excluding carboxylic acids is 1. The minimum absolute atomic E-state index is 0.0769. The lowest BCUT2D eigenvalue weighted by molar-refractivity contribution is -0.135. The topological polar surface area (TPSA) is 67.4 Å². The standard InChI is InChI=1S/C19H23FN4O2/c1-21-19-17(22-7-8-23-19)10-14-4-3-9-24(12-14)18(25)13-26-16-6-2-5-15(20)11-16/h2,5-8,11,14H,3-4,9-10,12-13H2,1H3,(H,21,23). The van der Waals surface area contributed by atoms with Gasteiger partial charge in [0, 0.05) is 38.6 Å². The molecule has 0 aliphatic carbocycles. The predicted octanol–water partition coefficient (Wildman–Crippen LogP) is 2.52. The van der Waals surface area contributed by atoms with E-state index in [0.717, 1.165) is 37.3 Å². The second-order valence-electron chi connectivity index (χ2n) is 6.40. The van der Waals surface area contributed by atoms with Crippen LogP contribution in [-0.4, -0.2) is 47.5 Å². The largest absolute Gasteiger partial charge is 0.484 e. The van der Waals surface area contributed by atoms with Gasteiger partial charge in [0.15, 0.2) is 6.61 Å². The molecule has 0 radical (unpaired) electrons. The molecule has 0 saturated carbocycles. The summed E-state index contributed by atoms with van der Waals surface area (Å²) in [6, 6.07) is 5.82. The Morgan fingerprint density at radius 1 is 1.38 bits per heavy atom. The number of aromatic nitrogens is 2. The molecular weight excluding hydrogens is 335 g/mol. The Hall–Kier alpha value is -2.70. The van der Waals surface area contributed by atoms with Crippen LogP contribution in [0.4, 0.5) is 10.2 Å². The molecule has 1 N–H and O–H groups in total. The normalized spacial score (nSPS) is 17.0. The second kappa shape index (κ2) is 8.60. The number of hydrogen-bond acceptors (Lipinski definition) is 5. The van der Waals surface area contributed by atoms with E-state index < -0.39 is 0 Å². The Morgan fingerprint density at radius 3 is 3.04 bits per heavy atom. The summed E-state index contributed by atoms with van der Waals surface area (Å²) in [6.45, 7) is 1.31. The maximum absolute atomic E-state index is 13.2. The lowest BCUT2D eigenvalue weighted by Crippen LogP contribution is -2.42. The van der Waals surface area contributed by atoms with Crippen LogP contribution in [0.25, 0.3) is 0 Å². The molecule has 1 fully saturated rings. The lowest BCUT2D eigenvalue weighted by Gasteiger charge is -2.32. The zero-order valence-corrected chi connectivity index (χ0v) is 14.8. The zero-order valence-electron chi connectivity index (χ0n) is 14.8. The Balaban J connectivity index is 1.55. The molecule has 1 aromatic carbocycles. The van der Waals surface area contributed by atoms with Crippen LogP contribution in [0.1, 0.15) is 18.5 Å². The van der Waals surface area contributed by atoms with Gasteiger partial charge in [0.1, 0.15) is 17.4 Å². The Labute approximate surface area is 152 Å². The molecule has 1 unspecified atom stereocenters. The lowest BCUT2D eigenvalue weighted by atomic mass is 9.93. The van der Waals surface area contributed by atoms with Crippen molar-refractivity contribution in [2.45, 2.75) is 19.3 Å². The van der Waals surface area contributed by atoms with Crippen molar-refractivity contribution in [2.75, 3.05) is 32.1 Å². The fraction of sp³-hybridized carbons (Fsp3) is 0.421. The number of amides is 1. The molecule has 6 nitrogen and oxygen atoms in total. The summed E-state index contributed by atoms with van der Waals surface area (Å²) in [6.07, 6.45) is 6.13. The van der Waals surface area contributed by atoms with Gasteiger partial charge in [-0.25, -0.2) is 9.37 Å². The van der Waals surface area contributed by atoms with E-state index in [1.807, 2.05) is 11.9 Å². The van der Waals surface area contributed by atoms with E-state index in [4.69, 9.17) is 4.74 Å². The molecule has 1 aromatic heterocycles. The molecule has 1 amide bonds. The highest BCUT2D eigenvalue weighted by atomic mass is 19.1. The molecule has 1 aliphatic rings. The third-order valence-corrected chi connectivity index (χ3v) is 4.52. The van der Waals surface area contributed by atoms with Crippen LogP contribution >= 0.6 is 0 Å². The van der Waals surface area contributed by atoms with Crippen molar-refractivity contribution in [1.29, 1.82) is 0 Å². The zero-order chi connectivity index (χ0) is 18.4. The quantitative estimate of drug-likeness (QED) is 0.859. The Bertz CT molecular complexity index is 756. The maximum Gasteiger partial charge on any atom is 0.260 e. The fourth-order valence-corrected chi connectivity index (χ4v) is 3.25. The monoisotopic (exact) mass is 358 g/mol. The third-order valence-electron chi connectivity index (χ3n) is 4.52. The van der Waals surface area contributed by atoms with E-state index in [1.165, 1.54) is 12.1 Å². The van der Waals surface area contributed by atoms with Crippen molar-refractivity contribution < 1.29 is 13.9 Å². The number of rotatable bonds is 6. The summed E-state index contributed by atoms with van der Waals surface area (Å²) in [4.78, 5) is 23.0. The minimum atomic E-state index is -0.378. The average Bonchev–Trinajstić information content (AvgIpc) is 2.67. The van der Waals surface area contributed by atoms with Crippen molar-refractivity contribution in [3.63, 3.8) is 0 Å². The average molecular weight is 358 g/mol. The van der Waals surface area contributed by atoms with Crippen LogP contribution in [0.3, 0.4) is 0 Å². The van der Waals surface area contributed by atoms with Gasteiger partial charge in [-0.3, -0.25) is 9.78 Å². The third kappa shape index (κ3) is 4.68. The van der Waals surface area contributed by atoms with Gasteiger partial charge in [-0.2, -0.15) is 0 Å². The summed E-state index contributed by atoms with van der Waals surface area (Å²) in [5.74, 6) is 1.03. The number of halogens is 1. The van der Waals surface area contributed by atoms with E-state index in [1.54, 1.807) is 24.5 Å². The van der Waals surface area contributed by atoms with Crippen molar-refractivity contribution in [2.24, 2.45) is 5.92 Å². The molecule has 0 spiro atoms. The van der Waals surface area contributed by atoms with Crippen molar-refractivity contribution in [3.05, 3.63) is 48.2 Å². The number of hydrogen-bond donors (Lipinski definition) is 1. The smallest absolute Gasteiger partial charge is 0.260 e. The van der Waals surface area contributed by atoms with Gasteiger partial charge in [0.25, 0.3) is 5.91 Å². The Kier molecular flexibility index (Phi) is 5.99. The first kappa shape index (κ1) is 18.1. The number of anilines is 1. The maximum atomic E-state index is 13.2. The molecule has 2 heterocycles. The highest BCUT2D eigenvalue weighted by Crippen LogP contribution is 2.22. The molecule has 26 heavy (non-hydrogen) atoms. The molecule has 138 valence electrons. The molecule has 0 bridgehead atoms. The number of nitrogens with one attached hydrogen (secondary N) is 1. The molecule has 1 atom stereocenters. The molecule has 1 saturated heterocycles. The van der Waals surface area contributed by atoms with Gasteiger partial charge in [-0.1, -0.05) is 6.07 Å². The van der Waals surface area contributed by atoms with E-state index in [9.17, 15) is 9.18 Å². The minimum Gasteiger partial charge on any atom is -0.484 e. The summed E-state index contributed by atoms with van der Waals surface area (Å²) in [5.41, 5.74) is 0.922. The number of carbonyl (C=O) groups is 1. The van der Waals surface area contributed by atoms with Crippen molar-refractivity contribution in [3.8, 4) is 5.75 Å². The van der Waals surface area contributed by atoms with E-state index in [2.05, 4.69) is 15.3 Å². The first-order valence-electron chi connectivity index (χ1n) is 8.79. The summed E-state index contributed by atoms with van der Waals surface area (Å²) >= 11 is 0. The number of ether oxygens (including phenoxy) is 1. The fourth-order valence-electron chi connectivity index (χ4n) is 3.25. The second-order valence-corrected chi connectivity index (χ2v) is 6.40. The molecule has 2 aromatic rings. The Morgan fingerprint density at radius 2 is 2.23 bits per heavy atom. The van der Waals surface area contributed by atoms with Gasteiger partial charge in [0.2, 0.25) is 0 Å². The van der Waals surface area contributed by atoms with Gasteiger partial charge in [-0.15, -0.1) is 0 Å². The summed E-state index contributed by atoms with van der Waals surface area (Å²) in [5, 5.41) is 3.06. The number of nitrogens with zero attached hydrogens (tertiary/aromatic N) is 3. The predicted molar refractivity (Wildman–Crippen MR) is 96.5 cm³/mol. The number of likely N-dealkylation sites (tertiary alicyclic amines) is 1. The molecule has 1 aliphatic heterocycles. The summed E-state index contributed by atoms with van der Waals surface area (Å²) < 4.78 is 18.6. The van der Waals surface area contributed by atoms with Crippen LogP contribution in [0, 0.1) is 11.7 Å². The summed E-state index contributed by atoms with van der Waals surface area (Å²) in [7, 11) is 1.83. The highest BCUT2D eigenvalue weighted by Gasteiger charge is 2.25. The van der Waals surface area contributed by atoms with Gasteiger partial charge in [-0.05, 0) is 37.3 Å². The van der Waals surface area contributed by atoms with Crippen molar-refractivity contribution in [1.82, 2.24) is 14.9 Å². The van der Waals surface area contributed by atoms with Crippen LogP contribution in [0.15, 0.2) is 36.7 Å². The molecule has 3 rings (SSSR count). The van der Waals surface area contributed by atoms with Gasteiger partial charge < -0.3 is 15.0 Å². The van der Waals surface area contributed by atoms with Gasteiger partial charge >= 0.3 is 0 Å². The van der Waals surface area contributed by atoms with Crippen molar-refractivity contribution >= 4 is 11.7 Å². The van der Waals surface area contributed by atoms with Crippen LogP contribution < -0.4 is 10.1 Å². The van der Waals surface area contributed by atoms with Crippen LogP contribution in [-0.2, 0) is 11.2 Å². The first-order valence-corrected chi connectivity index (χ1v) is 8.79.